The molecule has 4 rings (SSSR count). The zero-order valence-electron chi connectivity index (χ0n) is 14.9. The van der Waals surface area contributed by atoms with Crippen LogP contribution in [0.2, 0.25) is 0 Å². The third kappa shape index (κ3) is 3.14. The van der Waals surface area contributed by atoms with Crippen molar-refractivity contribution in [3.05, 3.63) is 65.2 Å². The quantitative estimate of drug-likeness (QED) is 0.745. The predicted molar refractivity (Wildman–Crippen MR) is 101 cm³/mol. The summed E-state index contributed by atoms with van der Waals surface area (Å²) >= 11 is 1.46. The number of hydrogen-bond acceptors (Lipinski definition) is 5. The number of nitrogens with zero attached hydrogens (tertiary/aromatic N) is 1. The minimum Gasteiger partial charge on any atom is -0.328 e. The van der Waals surface area contributed by atoms with Crippen LogP contribution in [0, 0.1) is 6.92 Å². The summed E-state index contributed by atoms with van der Waals surface area (Å²) in [4.78, 5) is 44.4. The number of carbonyl (C=O) groups excluding carboxylic acids is 3. The Bertz CT molecular complexity index is 881. The van der Waals surface area contributed by atoms with E-state index in [0.717, 1.165) is 23.3 Å². The van der Waals surface area contributed by atoms with Crippen LogP contribution in [0.4, 0.5) is 0 Å². The molecule has 5 nitrogen and oxygen atoms in total. The Morgan fingerprint density at radius 2 is 1.52 bits per heavy atom. The third-order valence-corrected chi connectivity index (χ3v) is 6.52. The van der Waals surface area contributed by atoms with Crippen LogP contribution < -0.4 is 0 Å². The number of fused-ring (bicyclic) bond motifs is 1. The number of hydroxylamine groups is 2. The van der Waals surface area contributed by atoms with Crippen molar-refractivity contribution in [2.24, 2.45) is 0 Å². The summed E-state index contributed by atoms with van der Waals surface area (Å²) in [6.07, 6.45) is 3.15. The molecule has 6 heteroatoms. The van der Waals surface area contributed by atoms with Gasteiger partial charge in [0.05, 0.1) is 11.1 Å². The van der Waals surface area contributed by atoms with E-state index in [1.165, 1.54) is 11.8 Å². The zero-order valence-corrected chi connectivity index (χ0v) is 15.8. The fourth-order valence-electron chi connectivity index (χ4n) is 3.54. The minimum atomic E-state index is -0.773. The Morgan fingerprint density at radius 3 is 2.07 bits per heavy atom. The molecule has 0 atom stereocenters. The lowest BCUT2D eigenvalue weighted by Gasteiger charge is -2.27. The molecule has 0 N–H and O–H groups in total. The molecule has 0 radical (unpaired) electrons. The molecule has 1 aliphatic heterocycles. The van der Waals surface area contributed by atoms with E-state index in [1.807, 2.05) is 31.2 Å². The van der Waals surface area contributed by atoms with Gasteiger partial charge in [0.1, 0.15) is 4.75 Å². The zero-order chi connectivity index (χ0) is 19.0. The number of thioether (sulfide) groups is 1. The van der Waals surface area contributed by atoms with Gasteiger partial charge in [0, 0.05) is 4.90 Å². The van der Waals surface area contributed by atoms with Crippen molar-refractivity contribution in [2.45, 2.75) is 42.2 Å². The second kappa shape index (κ2) is 6.85. The lowest BCUT2D eigenvalue weighted by molar-refractivity contribution is -0.171. The van der Waals surface area contributed by atoms with Crippen LogP contribution >= 0.6 is 11.8 Å². The predicted octanol–water partition coefficient (Wildman–Crippen LogP) is 4.15. The number of benzene rings is 2. The molecule has 1 saturated carbocycles. The molecule has 27 heavy (non-hydrogen) atoms. The van der Waals surface area contributed by atoms with Gasteiger partial charge >= 0.3 is 5.97 Å². The standard InChI is InChI=1S/C21H19NO4S/c1-14-8-10-15(11-9-14)27-21(12-4-5-13-21)20(25)26-22-18(23)16-6-2-3-7-17(16)19(22)24/h2-3,6-11H,4-5,12-13H2,1H3. The van der Waals surface area contributed by atoms with Gasteiger partial charge in [-0.3, -0.25) is 9.59 Å². The molecule has 0 unspecified atom stereocenters. The van der Waals surface area contributed by atoms with Gasteiger partial charge in [-0.15, -0.1) is 11.8 Å². The second-order valence-corrected chi connectivity index (χ2v) is 8.40. The maximum Gasteiger partial charge on any atom is 0.349 e. The summed E-state index contributed by atoms with van der Waals surface area (Å²) in [5.74, 6) is -1.70. The highest BCUT2D eigenvalue weighted by Gasteiger charge is 2.47. The van der Waals surface area contributed by atoms with Gasteiger partial charge in [-0.2, -0.15) is 0 Å². The van der Waals surface area contributed by atoms with Crippen LogP contribution in [0.25, 0.3) is 0 Å². The van der Waals surface area contributed by atoms with Gasteiger partial charge in [0.2, 0.25) is 0 Å². The van der Waals surface area contributed by atoms with Crippen LogP contribution in [0.1, 0.15) is 52.0 Å². The van der Waals surface area contributed by atoms with Crippen LogP contribution in [0.5, 0.6) is 0 Å². The van der Waals surface area contributed by atoms with Crippen LogP contribution in [-0.2, 0) is 9.63 Å². The monoisotopic (exact) mass is 381 g/mol. The number of rotatable bonds is 4. The average Bonchev–Trinajstić information content (AvgIpc) is 3.24. The first-order valence-corrected chi connectivity index (χ1v) is 9.78. The summed E-state index contributed by atoms with van der Waals surface area (Å²) in [6, 6.07) is 14.5. The summed E-state index contributed by atoms with van der Waals surface area (Å²) in [7, 11) is 0. The van der Waals surface area contributed by atoms with Gasteiger partial charge < -0.3 is 4.84 Å². The first-order chi connectivity index (χ1) is 13.0. The molecular weight excluding hydrogens is 362 g/mol. The van der Waals surface area contributed by atoms with E-state index in [0.29, 0.717) is 17.9 Å². The topological polar surface area (TPSA) is 63.7 Å². The molecule has 0 bridgehead atoms. The van der Waals surface area contributed by atoms with Crippen molar-refractivity contribution in [3.63, 3.8) is 0 Å². The molecule has 138 valence electrons. The van der Waals surface area contributed by atoms with Crippen molar-refractivity contribution >= 4 is 29.5 Å². The summed E-state index contributed by atoms with van der Waals surface area (Å²) in [5.41, 5.74) is 1.68. The van der Waals surface area contributed by atoms with Crippen molar-refractivity contribution in [2.75, 3.05) is 0 Å². The second-order valence-electron chi connectivity index (χ2n) is 6.95. The van der Waals surface area contributed by atoms with Gasteiger partial charge in [0.25, 0.3) is 11.8 Å². The number of amides is 2. The fourth-order valence-corrected chi connectivity index (χ4v) is 4.88. The van der Waals surface area contributed by atoms with Crippen molar-refractivity contribution in [1.82, 2.24) is 5.06 Å². The Kier molecular flexibility index (Phi) is 4.52. The van der Waals surface area contributed by atoms with Crippen molar-refractivity contribution in [3.8, 4) is 0 Å². The molecule has 1 heterocycles. The fraction of sp³-hybridized carbons (Fsp3) is 0.286. The molecule has 2 aliphatic rings. The van der Waals surface area contributed by atoms with Gasteiger partial charge in [0.15, 0.2) is 0 Å². The Morgan fingerprint density at radius 1 is 0.963 bits per heavy atom. The van der Waals surface area contributed by atoms with E-state index in [9.17, 15) is 14.4 Å². The summed E-state index contributed by atoms with van der Waals surface area (Å²) in [6.45, 7) is 2.01. The molecule has 1 aliphatic carbocycles. The maximum absolute atomic E-state index is 13.0. The van der Waals surface area contributed by atoms with Crippen molar-refractivity contribution < 1.29 is 19.2 Å². The minimum absolute atomic E-state index is 0.266. The molecule has 2 amide bonds. The first kappa shape index (κ1) is 17.8. The van der Waals surface area contributed by atoms with Crippen LogP contribution in [-0.4, -0.2) is 27.6 Å². The molecule has 0 aromatic heterocycles. The Labute approximate surface area is 161 Å². The largest absolute Gasteiger partial charge is 0.349 e. The molecular formula is C21H19NO4S. The van der Waals surface area contributed by atoms with E-state index in [2.05, 4.69) is 0 Å². The third-order valence-electron chi connectivity index (χ3n) is 5.05. The lowest BCUT2D eigenvalue weighted by Crippen LogP contribution is -2.41. The number of carbonyl (C=O) groups is 3. The smallest absolute Gasteiger partial charge is 0.328 e. The highest BCUT2D eigenvalue weighted by Crippen LogP contribution is 2.46. The molecule has 0 saturated heterocycles. The first-order valence-electron chi connectivity index (χ1n) is 8.96. The molecule has 2 aromatic carbocycles. The number of aryl methyl sites for hydroxylation is 1. The van der Waals surface area contributed by atoms with Gasteiger partial charge in [-0.05, 0) is 44.0 Å². The van der Waals surface area contributed by atoms with Gasteiger partial charge in [-0.1, -0.05) is 47.7 Å². The summed E-state index contributed by atoms with van der Waals surface area (Å²) < 4.78 is -0.773. The summed E-state index contributed by atoms with van der Waals surface area (Å²) in [5, 5.41) is 0.614. The van der Waals surface area contributed by atoms with E-state index in [1.54, 1.807) is 24.3 Å². The number of hydrogen-bond donors (Lipinski definition) is 0. The molecule has 0 spiro atoms. The average molecular weight is 381 g/mol. The molecule has 1 fully saturated rings. The Hall–Kier alpha value is -2.60. The van der Waals surface area contributed by atoms with E-state index in [4.69, 9.17) is 4.84 Å². The highest BCUT2D eigenvalue weighted by atomic mass is 32.2. The van der Waals surface area contributed by atoms with E-state index in [-0.39, 0.29) is 11.1 Å². The van der Waals surface area contributed by atoms with Crippen LogP contribution in [0.3, 0.4) is 0 Å². The highest BCUT2D eigenvalue weighted by molar-refractivity contribution is 8.01. The van der Waals surface area contributed by atoms with E-state index >= 15 is 0 Å². The maximum atomic E-state index is 13.0. The van der Waals surface area contributed by atoms with Crippen molar-refractivity contribution in [1.29, 1.82) is 0 Å². The SMILES string of the molecule is Cc1ccc(SC2(C(=O)ON3C(=O)c4ccccc4C3=O)CCCC2)cc1. The molecule has 2 aromatic rings. The Balaban J connectivity index is 1.56. The van der Waals surface area contributed by atoms with Gasteiger partial charge in [-0.25, -0.2) is 4.79 Å². The van der Waals surface area contributed by atoms with E-state index < -0.39 is 22.5 Å². The lowest BCUT2D eigenvalue weighted by atomic mass is 10.1. The normalized spacial score (nSPS) is 17.9. The van der Waals surface area contributed by atoms with Crippen LogP contribution in [0.15, 0.2) is 53.4 Å². The number of imide groups is 1.